The molecule has 88 valence electrons. The van der Waals surface area contributed by atoms with Crippen LogP contribution in [0.2, 0.25) is 0 Å². The molecule has 0 radical (unpaired) electrons. The van der Waals surface area contributed by atoms with Crippen LogP contribution in [0.4, 0.5) is 11.5 Å². The number of ether oxygens (including phenoxy) is 1. The predicted molar refractivity (Wildman–Crippen MR) is 65.3 cm³/mol. The molecule has 1 aliphatic rings. The van der Waals surface area contributed by atoms with Crippen molar-refractivity contribution < 1.29 is 4.74 Å². The number of nitrogens with one attached hydrogen (secondary N) is 1. The zero-order valence-electron chi connectivity index (χ0n) is 9.48. The van der Waals surface area contributed by atoms with Crippen molar-refractivity contribution >= 4 is 11.5 Å². The molecule has 1 aromatic rings. The Morgan fingerprint density at radius 3 is 3.00 bits per heavy atom. The topological polar surface area (TPSA) is 60.2 Å². The van der Waals surface area contributed by atoms with Crippen molar-refractivity contribution in [3.63, 3.8) is 0 Å². The fourth-order valence-corrected chi connectivity index (χ4v) is 2.03. The highest BCUT2D eigenvalue weighted by atomic mass is 16.5. The Morgan fingerprint density at radius 2 is 2.25 bits per heavy atom. The largest absolute Gasteiger partial charge is 0.384 e. The second kappa shape index (κ2) is 5.70. The fourth-order valence-electron chi connectivity index (χ4n) is 2.03. The van der Waals surface area contributed by atoms with Crippen molar-refractivity contribution in [3.05, 3.63) is 18.3 Å². The van der Waals surface area contributed by atoms with E-state index >= 15 is 0 Å². The standard InChI is InChI=1S/C12H19N3O/c13-12-9-10(5-6-15-12)14-7-8-16-11-3-1-2-4-11/h5-6,9,11H,1-4,7-8H2,(H3,13,14,15). The van der Waals surface area contributed by atoms with E-state index in [1.807, 2.05) is 12.1 Å². The molecule has 0 bridgehead atoms. The maximum absolute atomic E-state index is 5.75. The average molecular weight is 221 g/mol. The zero-order valence-corrected chi connectivity index (χ0v) is 9.48. The van der Waals surface area contributed by atoms with Crippen molar-refractivity contribution in [3.8, 4) is 0 Å². The number of hydrogen-bond donors (Lipinski definition) is 2. The summed E-state index contributed by atoms with van der Waals surface area (Å²) in [6.45, 7) is 1.58. The van der Waals surface area contributed by atoms with E-state index in [0.717, 1.165) is 18.8 Å². The summed E-state index contributed by atoms with van der Waals surface area (Å²) in [7, 11) is 0. The van der Waals surface area contributed by atoms with Crippen LogP contribution in [0.1, 0.15) is 25.7 Å². The van der Waals surface area contributed by atoms with Gasteiger partial charge in [-0.2, -0.15) is 0 Å². The van der Waals surface area contributed by atoms with Crippen LogP contribution in [0.25, 0.3) is 0 Å². The minimum atomic E-state index is 0.490. The van der Waals surface area contributed by atoms with Crippen LogP contribution in [0.5, 0.6) is 0 Å². The van der Waals surface area contributed by atoms with E-state index in [2.05, 4.69) is 10.3 Å². The van der Waals surface area contributed by atoms with Gasteiger partial charge in [0.15, 0.2) is 0 Å². The maximum Gasteiger partial charge on any atom is 0.125 e. The number of rotatable bonds is 5. The van der Waals surface area contributed by atoms with Crippen molar-refractivity contribution in [1.29, 1.82) is 0 Å². The minimum Gasteiger partial charge on any atom is -0.384 e. The van der Waals surface area contributed by atoms with Crippen LogP contribution in [0.3, 0.4) is 0 Å². The van der Waals surface area contributed by atoms with Crippen molar-refractivity contribution in [1.82, 2.24) is 4.98 Å². The SMILES string of the molecule is Nc1cc(NCCOC2CCCC2)ccn1. The molecular formula is C12H19N3O. The van der Waals surface area contributed by atoms with Crippen LogP contribution in [0.15, 0.2) is 18.3 Å². The molecule has 0 aliphatic heterocycles. The highest BCUT2D eigenvalue weighted by Gasteiger charge is 2.14. The summed E-state index contributed by atoms with van der Waals surface area (Å²) >= 11 is 0. The van der Waals surface area contributed by atoms with Gasteiger partial charge in [-0.05, 0) is 18.9 Å². The smallest absolute Gasteiger partial charge is 0.125 e. The molecule has 3 N–H and O–H groups in total. The molecule has 0 saturated heterocycles. The molecule has 2 rings (SSSR count). The second-order valence-electron chi connectivity index (χ2n) is 4.17. The average Bonchev–Trinajstić information content (AvgIpc) is 2.77. The minimum absolute atomic E-state index is 0.490. The van der Waals surface area contributed by atoms with E-state index < -0.39 is 0 Å². The van der Waals surface area contributed by atoms with Gasteiger partial charge in [-0.15, -0.1) is 0 Å². The number of nitrogen functional groups attached to an aromatic ring is 1. The Hall–Kier alpha value is -1.29. The van der Waals surface area contributed by atoms with Crippen LogP contribution >= 0.6 is 0 Å². The number of nitrogens with zero attached hydrogens (tertiary/aromatic N) is 1. The molecule has 1 saturated carbocycles. The summed E-state index contributed by atoms with van der Waals surface area (Å²) in [4.78, 5) is 3.94. The predicted octanol–water partition coefficient (Wildman–Crippen LogP) is 2.03. The van der Waals surface area contributed by atoms with Gasteiger partial charge >= 0.3 is 0 Å². The van der Waals surface area contributed by atoms with Gasteiger partial charge in [-0.1, -0.05) is 12.8 Å². The van der Waals surface area contributed by atoms with Crippen LogP contribution in [0, 0.1) is 0 Å². The Kier molecular flexibility index (Phi) is 3.99. The summed E-state index contributed by atoms with van der Waals surface area (Å²) in [5.74, 6) is 0.543. The third-order valence-corrected chi connectivity index (χ3v) is 2.87. The summed E-state index contributed by atoms with van der Waals surface area (Å²) in [6.07, 6.45) is 7.28. The molecule has 1 heterocycles. The summed E-state index contributed by atoms with van der Waals surface area (Å²) < 4.78 is 5.75. The molecular weight excluding hydrogens is 202 g/mol. The lowest BCUT2D eigenvalue weighted by Gasteiger charge is -2.12. The third kappa shape index (κ3) is 3.38. The molecule has 0 unspecified atom stereocenters. The van der Waals surface area contributed by atoms with Crippen molar-refractivity contribution in [2.75, 3.05) is 24.2 Å². The Morgan fingerprint density at radius 1 is 1.44 bits per heavy atom. The first kappa shape index (κ1) is 11.2. The van der Waals surface area contributed by atoms with Crippen molar-refractivity contribution in [2.24, 2.45) is 0 Å². The number of anilines is 2. The molecule has 0 aromatic carbocycles. The lowest BCUT2D eigenvalue weighted by Crippen LogP contribution is -2.15. The quantitative estimate of drug-likeness (QED) is 0.747. The normalized spacial score (nSPS) is 16.5. The highest BCUT2D eigenvalue weighted by Crippen LogP contribution is 2.20. The number of aromatic nitrogens is 1. The molecule has 4 heteroatoms. The Labute approximate surface area is 96.2 Å². The van der Waals surface area contributed by atoms with Gasteiger partial charge in [0, 0.05) is 24.5 Å². The lowest BCUT2D eigenvalue weighted by atomic mass is 10.3. The zero-order chi connectivity index (χ0) is 11.2. The Balaban J connectivity index is 1.64. The first-order valence-electron chi connectivity index (χ1n) is 5.91. The van der Waals surface area contributed by atoms with E-state index in [1.54, 1.807) is 6.20 Å². The molecule has 16 heavy (non-hydrogen) atoms. The van der Waals surface area contributed by atoms with Crippen LogP contribution in [-0.2, 0) is 4.74 Å². The first-order valence-corrected chi connectivity index (χ1v) is 5.91. The van der Waals surface area contributed by atoms with Gasteiger partial charge in [-0.25, -0.2) is 4.98 Å². The molecule has 1 fully saturated rings. The van der Waals surface area contributed by atoms with Gasteiger partial charge in [0.05, 0.1) is 12.7 Å². The van der Waals surface area contributed by atoms with E-state index in [4.69, 9.17) is 10.5 Å². The molecule has 0 amide bonds. The van der Waals surface area contributed by atoms with E-state index in [0.29, 0.717) is 11.9 Å². The van der Waals surface area contributed by atoms with Crippen LogP contribution < -0.4 is 11.1 Å². The van der Waals surface area contributed by atoms with Gasteiger partial charge < -0.3 is 15.8 Å². The van der Waals surface area contributed by atoms with E-state index in [1.165, 1.54) is 25.7 Å². The van der Waals surface area contributed by atoms with Gasteiger partial charge in [0.1, 0.15) is 5.82 Å². The highest BCUT2D eigenvalue weighted by molar-refractivity contribution is 5.49. The van der Waals surface area contributed by atoms with Crippen molar-refractivity contribution in [2.45, 2.75) is 31.8 Å². The number of nitrogens with two attached hydrogens (primary N) is 1. The van der Waals surface area contributed by atoms with Gasteiger partial charge in [0.2, 0.25) is 0 Å². The summed E-state index contributed by atoms with van der Waals surface area (Å²) in [6, 6.07) is 3.74. The van der Waals surface area contributed by atoms with E-state index in [-0.39, 0.29) is 0 Å². The lowest BCUT2D eigenvalue weighted by molar-refractivity contribution is 0.0659. The maximum atomic E-state index is 5.75. The van der Waals surface area contributed by atoms with Gasteiger partial charge in [0.25, 0.3) is 0 Å². The summed E-state index contributed by atoms with van der Waals surface area (Å²) in [5, 5.41) is 3.26. The number of pyridine rings is 1. The molecule has 0 atom stereocenters. The number of hydrogen-bond acceptors (Lipinski definition) is 4. The summed E-state index contributed by atoms with van der Waals surface area (Å²) in [5.41, 5.74) is 6.58. The van der Waals surface area contributed by atoms with Crippen LogP contribution in [-0.4, -0.2) is 24.2 Å². The molecule has 0 spiro atoms. The molecule has 1 aliphatic carbocycles. The monoisotopic (exact) mass is 221 g/mol. The fraction of sp³-hybridized carbons (Fsp3) is 0.583. The molecule has 4 nitrogen and oxygen atoms in total. The van der Waals surface area contributed by atoms with Gasteiger partial charge in [-0.3, -0.25) is 0 Å². The van der Waals surface area contributed by atoms with E-state index in [9.17, 15) is 0 Å². The third-order valence-electron chi connectivity index (χ3n) is 2.87. The Bertz CT molecular complexity index is 324. The second-order valence-corrected chi connectivity index (χ2v) is 4.17. The molecule has 1 aromatic heterocycles. The first-order chi connectivity index (χ1) is 7.84.